The van der Waals surface area contributed by atoms with Crippen LogP contribution in [-0.4, -0.2) is 117 Å². The van der Waals surface area contributed by atoms with Crippen LogP contribution < -0.4 is 20.1 Å². The Balaban J connectivity index is 0.000000180. The van der Waals surface area contributed by atoms with E-state index in [1.54, 1.807) is 36.4 Å². The first-order chi connectivity index (χ1) is 34.5. The van der Waals surface area contributed by atoms with Gasteiger partial charge in [0, 0.05) is 61.2 Å². The smallest absolute Gasteiger partial charge is 0.410 e. The minimum atomic E-state index is -3.24. The molecule has 0 spiro atoms. The van der Waals surface area contributed by atoms with Crippen molar-refractivity contribution in [2.45, 2.75) is 208 Å². The van der Waals surface area contributed by atoms with Gasteiger partial charge in [-0.05, 0) is 161 Å². The van der Waals surface area contributed by atoms with Crippen LogP contribution in [-0.2, 0) is 29.1 Å². The molecule has 20 heteroatoms. The molecule has 4 aromatic rings. The first kappa shape index (κ1) is 52.1. The Morgan fingerprint density at radius 3 is 1.32 bits per heavy atom. The fourth-order valence-electron chi connectivity index (χ4n) is 10.6. The number of nitrogens with one attached hydrogen (secondary N) is 2. The number of fused-ring (bicyclic) bond motifs is 4. The summed E-state index contributed by atoms with van der Waals surface area (Å²) >= 11 is 0. The van der Waals surface area contributed by atoms with Gasteiger partial charge in [-0.3, -0.25) is 0 Å². The van der Waals surface area contributed by atoms with Crippen LogP contribution in [0, 0.1) is 27.7 Å². The molecule has 4 saturated heterocycles. The van der Waals surface area contributed by atoms with Gasteiger partial charge in [0.1, 0.15) is 42.1 Å². The quantitative estimate of drug-likeness (QED) is 0.127. The Labute approximate surface area is 429 Å². The molecule has 2 saturated carbocycles. The van der Waals surface area contributed by atoms with Gasteiger partial charge in [-0.1, -0.05) is 0 Å². The molecule has 2 aliphatic carbocycles. The third kappa shape index (κ3) is 11.6. The second kappa shape index (κ2) is 20.5. The zero-order valence-electron chi connectivity index (χ0n) is 43.4. The number of sulfone groups is 2. The van der Waals surface area contributed by atoms with Crippen molar-refractivity contribution in [3.05, 3.63) is 71.3 Å². The highest BCUT2D eigenvalue weighted by Gasteiger charge is 2.47. The standard InChI is InChI=1S/C27H36N4O5S.C26H34N4O5S/c1-16-12-22(37(33,34)21-8-9-21)10-11-23(16)30-24-17(2)25(29-15-28-24)35-20-13-18-6-7-19(14-20)31(18)26(32)36-27(3,4)5;1-15(2)34-26(31)30-18-5-6-19(30)13-20(12-18)35-25-17(4)24(27-14-28-25)29-23-10-9-22(11-16(23)3)36(32,33)21-7-8-21/h10-12,15,18-21H,6-9,13-14H2,1-5H3,(H,28,29,30);9-11,14-15,18-21H,5-8,12-13H2,1-4H3,(H,27,28,29)/t2*18-,19?,20?/m00/s1. The molecule has 6 fully saturated rings. The molecular formula is C53H70N8O10S2. The number of rotatable bonds is 13. The van der Waals surface area contributed by atoms with E-state index in [9.17, 15) is 26.4 Å². The summed E-state index contributed by atoms with van der Waals surface area (Å²) in [5.41, 5.74) is 4.26. The summed E-state index contributed by atoms with van der Waals surface area (Å²) < 4.78 is 74.1. The van der Waals surface area contributed by atoms with E-state index >= 15 is 0 Å². The molecule has 0 radical (unpaired) electrons. The molecule has 73 heavy (non-hydrogen) atoms. The van der Waals surface area contributed by atoms with Crippen LogP contribution in [0.15, 0.2) is 58.8 Å². The predicted molar refractivity (Wildman–Crippen MR) is 275 cm³/mol. The molecular weight excluding hydrogens is 973 g/mol. The number of nitrogens with zero attached hydrogens (tertiary/aromatic N) is 6. The van der Waals surface area contributed by atoms with E-state index < -0.39 is 25.3 Å². The Morgan fingerprint density at radius 2 is 0.973 bits per heavy atom. The van der Waals surface area contributed by atoms with Crippen molar-refractivity contribution in [2.24, 2.45) is 0 Å². The Kier molecular flexibility index (Phi) is 14.6. The number of amides is 2. The Hall–Kier alpha value is -5.76. The highest BCUT2D eigenvalue weighted by atomic mass is 32.2. The van der Waals surface area contributed by atoms with E-state index in [0.29, 0.717) is 33.2 Å². The highest BCUT2D eigenvalue weighted by molar-refractivity contribution is 7.92. The maximum atomic E-state index is 12.8. The van der Waals surface area contributed by atoms with Crippen LogP contribution in [0.25, 0.3) is 0 Å². The predicted octanol–water partition coefficient (Wildman–Crippen LogP) is 9.77. The van der Waals surface area contributed by atoms with E-state index in [2.05, 4.69) is 30.6 Å². The largest absolute Gasteiger partial charge is 0.474 e. The normalized spacial score (nSPS) is 23.6. The van der Waals surface area contributed by atoms with Crippen molar-refractivity contribution in [3.8, 4) is 11.8 Å². The van der Waals surface area contributed by atoms with Gasteiger partial charge < -0.3 is 39.4 Å². The molecule has 10 rings (SSSR count). The average molecular weight is 1040 g/mol. The number of piperidine rings is 2. The number of hydrogen-bond acceptors (Lipinski definition) is 16. The van der Waals surface area contributed by atoms with Gasteiger partial charge >= 0.3 is 12.2 Å². The van der Waals surface area contributed by atoms with Gasteiger partial charge in [0.2, 0.25) is 11.8 Å². The average Bonchev–Trinajstić information content (AvgIpc) is 4.26. The molecule has 2 aromatic carbocycles. The minimum Gasteiger partial charge on any atom is -0.474 e. The van der Waals surface area contributed by atoms with Crippen LogP contribution in [0.1, 0.15) is 134 Å². The number of benzene rings is 2. The lowest BCUT2D eigenvalue weighted by molar-refractivity contribution is -0.00775. The molecule has 6 aliphatic rings. The van der Waals surface area contributed by atoms with E-state index in [1.807, 2.05) is 72.1 Å². The lowest BCUT2D eigenvalue weighted by Crippen LogP contribution is -2.50. The summed E-state index contributed by atoms with van der Waals surface area (Å²) in [7, 11) is -6.47. The second-order valence-corrected chi connectivity index (χ2v) is 26.4. The third-order valence-corrected chi connectivity index (χ3v) is 19.2. The number of carbonyl (C=O) groups is 2. The first-order valence-corrected chi connectivity index (χ1v) is 28.8. The van der Waals surface area contributed by atoms with Gasteiger partial charge in [0.05, 0.1) is 37.5 Å². The Bertz CT molecular complexity index is 2930. The fourth-order valence-corrected chi connectivity index (χ4v) is 14.1. The lowest BCUT2D eigenvalue weighted by Gasteiger charge is -2.39. The van der Waals surface area contributed by atoms with E-state index in [4.69, 9.17) is 18.9 Å². The number of aryl methyl sites for hydroxylation is 2. The van der Waals surface area contributed by atoms with Gasteiger partial charge in [-0.25, -0.2) is 46.4 Å². The molecule has 6 atom stereocenters. The number of anilines is 4. The van der Waals surface area contributed by atoms with Crippen LogP contribution in [0.4, 0.5) is 32.6 Å². The van der Waals surface area contributed by atoms with Crippen LogP contribution in [0.5, 0.6) is 11.8 Å². The molecule has 2 N–H and O–H groups in total. The summed E-state index contributed by atoms with van der Waals surface area (Å²) in [5.74, 6) is 2.25. The van der Waals surface area contributed by atoms with E-state index in [-0.39, 0.29) is 65.2 Å². The third-order valence-electron chi connectivity index (χ3n) is 14.6. The molecule has 2 amide bonds. The van der Waals surface area contributed by atoms with Gasteiger partial charge in [-0.15, -0.1) is 0 Å². The topological polar surface area (TPSA) is 221 Å². The first-order valence-electron chi connectivity index (χ1n) is 25.8. The minimum absolute atomic E-state index is 0.0410. The number of aromatic nitrogens is 4. The second-order valence-electron chi connectivity index (χ2n) is 21.9. The number of carbonyl (C=O) groups excluding carboxylic acids is 2. The van der Waals surface area contributed by atoms with Gasteiger partial charge in [-0.2, -0.15) is 0 Å². The summed E-state index contributed by atoms with van der Waals surface area (Å²) in [4.78, 5) is 47.4. The SMILES string of the molecule is Cc1cc(S(=O)(=O)C2CC2)ccc1Nc1ncnc(OC2CC3CC[C@@H](C2)N3C(=O)OC(C)(C)C)c1C.Cc1cc(S(=O)(=O)C2CC2)ccc1Nc1ncnc(OC2CC3CC[C@@H](C2)N3C(=O)OC(C)C)c1C. The monoisotopic (exact) mass is 1040 g/mol. The fraction of sp³-hybridized carbons (Fsp3) is 0.585. The van der Waals surface area contributed by atoms with E-state index in [1.165, 1.54) is 12.7 Å². The molecule has 18 nitrogen and oxygen atoms in total. The van der Waals surface area contributed by atoms with Crippen molar-refractivity contribution >= 4 is 54.9 Å². The van der Waals surface area contributed by atoms with Gasteiger partial charge in [0.15, 0.2) is 19.7 Å². The molecule has 4 bridgehead atoms. The number of hydrogen-bond donors (Lipinski definition) is 2. The molecule has 394 valence electrons. The molecule has 2 aromatic heterocycles. The van der Waals surface area contributed by atoms with Crippen molar-refractivity contribution in [1.29, 1.82) is 0 Å². The van der Waals surface area contributed by atoms with Crippen LogP contribution in [0.3, 0.4) is 0 Å². The van der Waals surface area contributed by atoms with Crippen LogP contribution >= 0.6 is 0 Å². The summed E-state index contributed by atoms with van der Waals surface area (Å²) in [5, 5.41) is 6.17. The molecule has 6 heterocycles. The Morgan fingerprint density at radius 1 is 0.589 bits per heavy atom. The summed E-state index contributed by atoms with van der Waals surface area (Å²) in [6, 6.07) is 10.8. The molecule has 4 unspecified atom stereocenters. The lowest BCUT2D eigenvalue weighted by atomic mass is 10.00. The van der Waals surface area contributed by atoms with Crippen molar-refractivity contribution < 1.29 is 45.4 Å². The molecule has 4 aliphatic heterocycles. The van der Waals surface area contributed by atoms with Crippen molar-refractivity contribution in [3.63, 3.8) is 0 Å². The van der Waals surface area contributed by atoms with E-state index in [0.717, 1.165) is 111 Å². The van der Waals surface area contributed by atoms with Crippen molar-refractivity contribution in [2.75, 3.05) is 10.6 Å². The van der Waals surface area contributed by atoms with Crippen LogP contribution in [0.2, 0.25) is 0 Å². The van der Waals surface area contributed by atoms with Crippen molar-refractivity contribution in [1.82, 2.24) is 29.7 Å². The zero-order chi connectivity index (χ0) is 52.1. The van der Waals surface area contributed by atoms with Gasteiger partial charge in [0.25, 0.3) is 0 Å². The highest BCUT2D eigenvalue weighted by Crippen LogP contribution is 2.42. The summed E-state index contributed by atoms with van der Waals surface area (Å²) in [6.07, 6.45) is 12.0. The number of ether oxygens (including phenoxy) is 4. The maximum Gasteiger partial charge on any atom is 0.410 e. The maximum absolute atomic E-state index is 12.8. The summed E-state index contributed by atoms with van der Waals surface area (Å²) in [6.45, 7) is 17.0. The zero-order valence-corrected chi connectivity index (χ0v) is 45.0.